The molecule has 0 amide bonds. The number of nitro groups is 1. The van der Waals surface area contributed by atoms with Crippen LogP contribution in [0.5, 0.6) is 5.75 Å². The van der Waals surface area contributed by atoms with Gasteiger partial charge in [-0.2, -0.15) is 0 Å². The first kappa shape index (κ1) is 17.5. The van der Waals surface area contributed by atoms with Gasteiger partial charge in [0.1, 0.15) is 5.75 Å². The van der Waals surface area contributed by atoms with Gasteiger partial charge < -0.3 is 5.11 Å². The Morgan fingerprint density at radius 3 is 2.41 bits per heavy atom. The van der Waals surface area contributed by atoms with Gasteiger partial charge in [-0.3, -0.25) is 15.0 Å². The second-order valence-corrected chi connectivity index (χ2v) is 7.03. The molecule has 1 aliphatic rings. The summed E-state index contributed by atoms with van der Waals surface area (Å²) in [5, 5.41) is 24.5. The first-order valence-electron chi connectivity index (χ1n) is 9.35. The van der Waals surface area contributed by atoms with Crippen molar-refractivity contribution in [2.75, 3.05) is 13.1 Å². The van der Waals surface area contributed by atoms with E-state index in [0.29, 0.717) is 5.56 Å². The molecule has 1 saturated heterocycles. The molecule has 27 heavy (non-hydrogen) atoms. The van der Waals surface area contributed by atoms with Crippen LogP contribution in [0, 0.1) is 10.1 Å². The van der Waals surface area contributed by atoms with Gasteiger partial charge in [0.25, 0.3) is 5.69 Å². The molecule has 1 atom stereocenters. The van der Waals surface area contributed by atoms with Gasteiger partial charge in [-0.05, 0) is 42.8 Å². The number of nitrogens with zero attached hydrogens (tertiary/aromatic N) is 2. The molecule has 1 unspecified atom stereocenters. The maximum Gasteiger partial charge on any atom is 0.274 e. The van der Waals surface area contributed by atoms with E-state index in [1.54, 1.807) is 18.2 Å². The van der Waals surface area contributed by atoms with Crippen molar-refractivity contribution < 1.29 is 10.0 Å². The van der Waals surface area contributed by atoms with E-state index >= 15 is 0 Å². The van der Waals surface area contributed by atoms with Crippen molar-refractivity contribution in [3.63, 3.8) is 0 Å². The standard InChI is InChI=1S/C22H22N2O3/c25-20-13-12-16-8-2-3-9-17(16)21(20)22(23-14-6-1-7-15-23)18-10-4-5-11-19(18)24(26)27/h2-5,8-13,22,25H,1,6-7,14-15H2. The molecule has 5 heteroatoms. The highest BCUT2D eigenvalue weighted by molar-refractivity contribution is 5.88. The maximum atomic E-state index is 11.7. The van der Waals surface area contributed by atoms with Crippen LogP contribution >= 0.6 is 0 Å². The van der Waals surface area contributed by atoms with E-state index in [1.165, 1.54) is 6.42 Å². The minimum atomic E-state index is -0.349. The minimum absolute atomic E-state index is 0.0976. The SMILES string of the molecule is O=[N+]([O-])c1ccccc1C(c1c(O)ccc2ccccc12)N1CCCCC1. The monoisotopic (exact) mass is 362 g/mol. The number of benzene rings is 3. The second kappa shape index (κ2) is 7.37. The van der Waals surface area contributed by atoms with Crippen LogP contribution in [-0.2, 0) is 0 Å². The van der Waals surface area contributed by atoms with Gasteiger partial charge in [-0.15, -0.1) is 0 Å². The summed E-state index contributed by atoms with van der Waals surface area (Å²) in [4.78, 5) is 13.7. The number of fused-ring (bicyclic) bond motifs is 1. The van der Waals surface area contributed by atoms with Gasteiger partial charge in [0.2, 0.25) is 0 Å². The van der Waals surface area contributed by atoms with Crippen LogP contribution in [0.1, 0.15) is 36.4 Å². The van der Waals surface area contributed by atoms with Gasteiger partial charge in [0.05, 0.1) is 16.5 Å². The van der Waals surface area contributed by atoms with Gasteiger partial charge in [0.15, 0.2) is 0 Å². The van der Waals surface area contributed by atoms with Crippen molar-refractivity contribution in [1.82, 2.24) is 4.90 Å². The Morgan fingerprint density at radius 1 is 0.926 bits per heavy atom. The molecule has 3 aromatic carbocycles. The number of aromatic hydroxyl groups is 1. The molecule has 1 N–H and O–H groups in total. The number of nitro benzene ring substituents is 1. The Balaban J connectivity index is 1.98. The summed E-state index contributed by atoms with van der Waals surface area (Å²) in [6, 6.07) is 18.0. The third-order valence-corrected chi connectivity index (χ3v) is 5.40. The Kier molecular flexibility index (Phi) is 4.77. The maximum absolute atomic E-state index is 11.7. The summed E-state index contributed by atoms with van der Waals surface area (Å²) in [5.41, 5.74) is 1.49. The first-order valence-corrected chi connectivity index (χ1v) is 9.35. The highest BCUT2D eigenvalue weighted by Gasteiger charge is 2.32. The molecule has 1 aliphatic heterocycles. The molecular weight excluding hydrogens is 340 g/mol. The smallest absolute Gasteiger partial charge is 0.274 e. The Labute approximate surface area is 158 Å². The topological polar surface area (TPSA) is 66.6 Å². The summed E-state index contributed by atoms with van der Waals surface area (Å²) in [6.45, 7) is 1.72. The molecule has 5 nitrogen and oxygen atoms in total. The summed E-state index contributed by atoms with van der Waals surface area (Å²) >= 11 is 0. The van der Waals surface area contributed by atoms with Gasteiger partial charge in [-0.25, -0.2) is 0 Å². The number of para-hydroxylation sites is 1. The number of phenolic OH excluding ortho intramolecular Hbond substituents is 1. The van der Waals surface area contributed by atoms with Crippen molar-refractivity contribution >= 4 is 16.5 Å². The van der Waals surface area contributed by atoms with E-state index < -0.39 is 0 Å². The number of piperidine rings is 1. The molecule has 138 valence electrons. The average Bonchev–Trinajstić information content (AvgIpc) is 2.71. The Morgan fingerprint density at radius 2 is 1.63 bits per heavy atom. The molecule has 0 aliphatic carbocycles. The zero-order valence-electron chi connectivity index (χ0n) is 15.0. The number of rotatable bonds is 4. The van der Waals surface area contributed by atoms with Gasteiger partial charge >= 0.3 is 0 Å². The molecule has 0 spiro atoms. The van der Waals surface area contributed by atoms with Crippen LogP contribution in [0.25, 0.3) is 10.8 Å². The van der Waals surface area contributed by atoms with Crippen molar-refractivity contribution in [1.29, 1.82) is 0 Å². The van der Waals surface area contributed by atoms with E-state index in [1.807, 2.05) is 42.5 Å². The van der Waals surface area contributed by atoms with E-state index in [0.717, 1.165) is 42.3 Å². The fraction of sp³-hybridized carbons (Fsp3) is 0.273. The van der Waals surface area contributed by atoms with Gasteiger partial charge in [0, 0.05) is 11.6 Å². The van der Waals surface area contributed by atoms with E-state index in [2.05, 4.69) is 4.90 Å². The lowest BCUT2D eigenvalue weighted by atomic mass is 9.89. The zero-order chi connectivity index (χ0) is 18.8. The molecular formula is C22H22N2O3. The van der Waals surface area contributed by atoms with Crippen LogP contribution < -0.4 is 0 Å². The average molecular weight is 362 g/mol. The van der Waals surface area contributed by atoms with Gasteiger partial charge in [-0.1, -0.05) is 55.0 Å². The third kappa shape index (κ3) is 3.26. The summed E-state index contributed by atoms with van der Waals surface area (Å²) < 4.78 is 0. The fourth-order valence-corrected chi connectivity index (χ4v) is 4.17. The number of hydrogen-bond acceptors (Lipinski definition) is 4. The van der Waals surface area contributed by atoms with Crippen molar-refractivity contribution in [3.8, 4) is 5.75 Å². The Hall–Kier alpha value is -2.92. The van der Waals surface area contributed by atoms with Crippen LogP contribution in [0.2, 0.25) is 0 Å². The normalized spacial score (nSPS) is 16.3. The zero-order valence-corrected chi connectivity index (χ0v) is 15.0. The largest absolute Gasteiger partial charge is 0.508 e. The molecule has 0 bridgehead atoms. The van der Waals surface area contributed by atoms with E-state index in [4.69, 9.17) is 0 Å². The van der Waals surface area contributed by atoms with E-state index in [-0.39, 0.29) is 22.4 Å². The lowest BCUT2D eigenvalue weighted by molar-refractivity contribution is -0.385. The van der Waals surface area contributed by atoms with Crippen molar-refractivity contribution in [2.24, 2.45) is 0 Å². The lowest BCUT2D eigenvalue weighted by Gasteiger charge is -2.35. The van der Waals surface area contributed by atoms with Crippen molar-refractivity contribution in [3.05, 3.63) is 81.9 Å². The van der Waals surface area contributed by atoms with E-state index in [9.17, 15) is 15.2 Å². The third-order valence-electron chi connectivity index (χ3n) is 5.40. The highest BCUT2D eigenvalue weighted by Crippen LogP contribution is 2.42. The molecule has 0 aromatic heterocycles. The summed E-state index contributed by atoms with van der Waals surface area (Å²) in [5.74, 6) is 0.183. The molecule has 3 aromatic rings. The number of phenols is 1. The molecule has 1 fully saturated rings. The predicted octanol–water partition coefficient (Wildman–Crippen LogP) is 5.03. The predicted molar refractivity (Wildman–Crippen MR) is 106 cm³/mol. The molecule has 0 saturated carbocycles. The molecule has 0 radical (unpaired) electrons. The highest BCUT2D eigenvalue weighted by atomic mass is 16.6. The van der Waals surface area contributed by atoms with Crippen molar-refractivity contribution in [2.45, 2.75) is 25.3 Å². The fourth-order valence-electron chi connectivity index (χ4n) is 4.17. The first-order chi connectivity index (χ1) is 13.2. The minimum Gasteiger partial charge on any atom is -0.508 e. The van der Waals surface area contributed by atoms with Crippen LogP contribution in [0.4, 0.5) is 5.69 Å². The quantitative estimate of drug-likeness (QED) is 0.522. The van der Waals surface area contributed by atoms with Crippen LogP contribution in [0.3, 0.4) is 0 Å². The Bertz CT molecular complexity index is 980. The lowest BCUT2D eigenvalue weighted by Crippen LogP contribution is -2.34. The van der Waals surface area contributed by atoms with Crippen LogP contribution in [0.15, 0.2) is 60.7 Å². The number of hydrogen-bond donors (Lipinski definition) is 1. The molecule has 4 rings (SSSR count). The second-order valence-electron chi connectivity index (χ2n) is 7.03. The number of likely N-dealkylation sites (tertiary alicyclic amines) is 1. The summed E-state index contributed by atoms with van der Waals surface area (Å²) in [6.07, 6.45) is 3.28. The summed E-state index contributed by atoms with van der Waals surface area (Å²) in [7, 11) is 0. The van der Waals surface area contributed by atoms with Crippen LogP contribution in [-0.4, -0.2) is 28.0 Å². The molecule has 1 heterocycles.